The van der Waals surface area contributed by atoms with Crippen LogP contribution >= 0.6 is 12.4 Å². The van der Waals surface area contributed by atoms with Gasteiger partial charge in [0.1, 0.15) is 5.41 Å². The maximum Gasteiger partial charge on any atom is 0.403 e. The molecule has 1 saturated carbocycles. The molecular formula is C9H14ClF3N2O. The van der Waals surface area contributed by atoms with Crippen molar-refractivity contribution in [2.45, 2.75) is 31.5 Å². The molecule has 2 fully saturated rings. The van der Waals surface area contributed by atoms with E-state index in [0.29, 0.717) is 13.0 Å². The van der Waals surface area contributed by atoms with Crippen LogP contribution in [0.5, 0.6) is 0 Å². The Balaban J connectivity index is 0.00000128. The lowest BCUT2D eigenvalue weighted by atomic mass is 10.1. The SMILES string of the molecule is Cl.O=C(NC1CCNC1)C1(C(F)(F)F)CC1. The summed E-state index contributed by atoms with van der Waals surface area (Å²) < 4.78 is 37.6. The molecule has 16 heavy (non-hydrogen) atoms. The summed E-state index contributed by atoms with van der Waals surface area (Å²) in [5.74, 6) is -0.844. The molecular weight excluding hydrogens is 245 g/mol. The van der Waals surface area contributed by atoms with Crippen molar-refractivity contribution in [3.63, 3.8) is 0 Å². The van der Waals surface area contributed by atoms with Crippen molar-refractivity contribution in [1.29, 1.82) is 0 Å². The summed E-state index contributed by atoms with van der Waals surface area (Å²) in [5, 5.41) is 5.46. The maximum atomic E-state index is 12.5. The minimum atomic E-state index is -4.40. The molecule has 0 aromatic rings. The molecule has 7 heteroatoms. The van der Waals surface area contributed by atoms with E-state index in [1.54, 1.807) is 0 Å². The lowest BCUT2D eigenvalue weighted by Crippen LogP contribution is -2.46. The number of rotatable bonds is 2. The van der Waals surface area contributed by atoms with Crippen molar-refractivity contribution in [3.8, 4) is 0 Å². The normalized spacial score (nSPS) is 27.1. The van der Waals surface area contributed by atoms with Crippen molar-refractivity contribution in [1.82, 2.24) is 10.6 Å². The first-order valence-corrected chi connectivity index (χ1v) is 5.04. The Morgan fingerprint density at radius 3 is 2.38 bits per heavy atom. The summed E-state index contributed by atoms with van der Waals surface area (Å²) in [4.78, 5) is 11.5. The molecule has 2 N–H and O–H groups in total. The Labute approximate surface area is 97.6 Å². The van der Waals surface area contributed by atoms with E-state index in [4.69, 9.17) is 0 Å². The van der Waals surface area contributed by atoms with Gasteiger partial charge in [-0.1, -0.05) is 0 Å². The van der Waals surface area contributed by atoms with Gasteiger partial charge in [-0.05, 0) is 25.8 Å². The molecule has 1 saturated heterocycles. The van der Waals surface area contributed by atoms with E-state index in [1.807, 2.05) is 0 Å². The molecule has 2 aliphatic rings. The largest absolute Gasteiger partial charge is 0.403 e. The van der Waals surface area contributed by atoms with E-state index in [2.05, 4.69) is 10.6 Å². The molecule has 0 aromatic heterocycles. The van der Waals surface area contributed by atoms with Gasteiger partial charge in [0, 0.05) is 12.6 Å². The fourth-order valence-corrected chi connectivity index (χ4v) is 1.87. The van der Waals surface area contributed by atoms with E-state index in [-0.39, 0.29) is 31.3 Å². The van der Waals surface area contributed by atoms with Crippen LogP contribution in [-0.2, 0) is 4.79 Å². The van der Waals surface area contributed by atoms with Crippen LogP contribution in [0.4, 0.5) is 13.2 Å². The molecule has 1 aliphatic heterocycles. The molecule has 3 nitrogen and oxygen atoms in total. The van der Waals surface area contributed by atoms with Crippen LogP contribution in [0, 0.1) is 5.41 Å². The van der Waals surface area contributed by atoms with Gasteiger partial charge < -0.3 is 10.6 Å². The van der Waals surface area contributed by atoms with Gasteiger partial charge in [0.25, 0.3) is 0 Å². The molecule has 94 valence electrons. The van der Waals surface area contributed by atoms with Gasteiger partial charge in [-0.3, -0.25) is 4.79 Å². The van der Waals surface area contributed by atoms with Crippen LogP contribution < -0.4 is 10.6 Å². The number of hydrogen-bond acceptors (Lipinski definition) is 2. The summed E-state index contributed by atoms with van der Waals surface area (Å²) >= 11 is 0. The van der Waals surface area contributed by atoms with E-state index < -0.39 is 17.5 Å². The highest BCUT2D eigenvalue weighted by molar-refractivity contribution is 5.86. The second-order valence-electron chi connectivity index (χ2n) is 4.24. The molecule has 1 aliphatic carbocycles. The van der Waals surface area contributed by atoms with Crippen molar-refractivity contribution < 1.29 is 18.0 Å². The molecule has 2 rings (SSSR count). The minimum absolute atomic E-state index is 0. The fraction of sp³-hybridized carbons (Fsp3) is 0.889. The zero-order valence-corrected chi connectivity index (χ0v) is 9.38. The van der Waals surface area contributed by atoms with Gasteiger partial charge in [-0.2, -0.15) is 13.2 Å². The van der Waals surface area contributed by atoms with Crippen LogP contribution in [0.2, 0.25) is 0 Å². The predicted molar refractivity (Wildman–Crippen MR) is 54.4 cm³/mol. The Bertz CT molecular complexity index is 272. The average molecular weight is 259 g/mol. The molecule has 1 unspecified atom stereocenters. The van der Waals surface area contributed by atoms with Gasteiger partial charge in [0.2, 0.25) is 5.91 Å². The predicted octanol–water partition coefficient (Wildman–Crippen LogP) is 1.23. The molecule has 0 bridgehead atoms. The summed E-state index contributed by atoms with van der Waals surface area (Å²) in [7, 11) is 0. The lowest BCUT2D eigenvalue weighted by Gasteiger charge is -2.20. The fourth-order valence-electron chi connectivity index (χ4n) is 1.87. The van der Waals surface area contributed by atoms with Gasteiger partial charge in [-0.15, -0.1) is 12.4 Å². The smallest absolute Gasteiger partial charge is 0.351 e. The monoisotopic (exact) mass is 258 g/mol. The van der Waals surface area contributed by atoms with E-state index in [1.165, 1.54) is 0 Å². The first-order valence-electron chi connectivity index (χ1n) is 5.04. The standard InChI is InChI=1S/C9H13F3N2O.ClH/c10-9(11,12)8(2-3-8)7(15)14-6-1-4-13-5-6;/h6,13H,1-5H2,(H,14,15);1H. The second-order valence-corrected chi connectivity index (χ2v) is 4.24. The number of alkyl halides is 3. The van der Waals surface area contributed by atoms with E-state index in [0.717, 1.165) is 6.54 Å². The number of amides is 1. The van der Waals surface area contributed by atoms with Gasteiger partial charge in [-0.25, -0.2) is 0 Å². The number of halogens is 4. The highest BCUT2D eigenvalue weighted by Gasteiger charge is 2.68. The van der Waals surface area contributed by atoms with E-state index >= 15 is 0 Å². The van der Waals surface area contributed by atoms with Crippen LogP contribution in [0.25, 0.3) is 0 Å². The Kier molecular flexibility index (Phi) is 3.74. The highest BCUT2D eigenvalue weighted by atomic mass is 35.5. The molecule has 0 spiro atoms. The average Bonchev–Trinajstić information content (AvgIpc) is 2.81. The Morgan fingerprint density at radius 1 is 1.38 bits per heavy atom. The van der Waals surface area contributed by atoms with Crippen LogP contribution in [0.15, 0.2) is 0 Å². The number of hydrogen-bond donors (Lipinski definition) is 2. The molecule has 0 aromatic carbocycles. The first kappa shape index (κ1) is 13.6. The van der Waals surface area contributed by atoms with E-state index in [9.17, 15) is 18.0 Å². The molecule has 1 atom stereocenters. The zero-order chi connectivity index (χ0) is 11.1. The highest BCUT2D eigenvalue weighted by Crippen LogP contribution is 2.57. The summed E-state index contributed by atoms with van der Waals surface area (Å²) in [6.45, 7) is 1.32. The molecule has 1 amide bonds. The Hall–Kier alpha value is -0.490. The third kappa shape index (κ3) is 2.27. The Morgan fingerprint density at radius 2 is 2.00 bits per heavy atom. The summed E-state index contributed by atoms with van der Waals surface area (Å²) in [6.07, 6.45) is -3.83. The first-order chi connectivity index (χ1) is 6.96. The van der Waals surface area contributed by atoms with Gasteiger partial charge in [0.15, 0.2) is 0 Å². The minimum Gasteiger partial charge on any atom is -0.351 e. The topological polar surface area (TPSA) is 41.1 Å². The van der Waals surface area contributed by atoms with Crippen molar-refractivity contribution in [2.75, 3.05) is 13.1 Å². The second kappa shape index (κ2) is 4.41. The number of carbonyl (C=O) groups excluding carboxylic acids is 1. The summed E-state index contributed by atoms with van der Waals surface area (Å²) in [5.41, 5.74) is -2.07. The third-order valence-corrected chi connectivity index (χ3v) is 3.12. The lowest BCUT2D eigenvalue weighted by molar-refractivity contribution is -0.192. The number of carbonyl (C=O) groups is 1. The van der Waals surface area contributed by atoms with Crippen molar-refractivity contribution >= 4 is 18.3 Å². The van der Waals surface area contributed by atoms with Crippen LogP contribution in [-0.4, -0.2) is 31.2 Å². The quantitative estimate of drug-likeness (QED) is 0.782. The van der Waals surface area contributed by atoms with Crippen molar-refractivity contribution in [2.24, 2.45) is 5.41 Å². The molecule has 1 heterocycles. The molecule has 0 radical (unpaired) electrons. The van der Waals surface area contributed by atoms with Gasteiger partial charge in [0.05, 0.1) is 0 Å². The summed E-state index contributed by atoms with van der Waals surface area (Å²) in [6, 6.07) is -0.141. The maximum absolute atomic E-state index is 12.5. The van der Waals surface area contributed by atoms with Gasteiger partial charge >= 0.3 is 6.18 Å². The van der Waals surface area contributed by atoms with Crippen molar-refractivity contribution in [3.05, 3.63) is 0 Å². The van der Waals surface area contributed by atoms with Crippen LogP contribution in [0.1, 0.15) is 19.3 Å². The van der Waals surface area contributed by atoms with Crippen LogP contribution in [0.3, 0.4) is 0 Å². The third-order valence-electron chi connectivity index (χ3n) is 3.12. The zero-order valence-electron chi connectivity index (χ0n) is 8.56. The number of nitrogens with one attached hydrogen (secondary N) is 2.